The summed E-state index contributed by atoms with van der Waals surface area (Å²) in [7, 11) is 0. The lowest BCUT2D eigenvalue weighted by atomic mass is 10.2. The molecule has 0 heterocycles. The van der Waals surface area contributed by atoms with Gasteiger partial charge in [0.25, 0.3) is 0 Å². The van der Waals surface area contributed by atoms with Gasteiger partial charge >= 0.3 is 0 Å². The molecule has 1 N–H and O–H groups in total. The molecule has 2 rings (SSSR count). The van der Waals surface area contributed by atoms with Gasteiger partial charge in [0.2, 0.25) is 0 Å². The zero-order valence-corrected chi connectivity index (χ0v) is 13.2. The first-order chi connectivity index (χ1) is 10.1. The van der Waals surface area contributed by atoms with Crippen LogP contribution in [0.15, 0.2) is 40.9 Å². The third-order valence-electron chi connectivity index (χ3n) is 2.90. The van der Waals surface area contributed by atoms with Gasteiger partial charge in [-0.25, -0.2) is 8.78 Å². The van der Waals surface area contributed by atoms with E-state index in [9.17, 15) is 8.78 Å². The van der Waals surface area contributed by atoms with E-state index in [1.54, 1.807) is 12.1 Å². The first-order valence-electron chi connectivity index (χ1n) is 6.73. The van der Waals surface area contributed by atoms with E-state index in [1.807, 2.05) is 0 Å². The van der Waals surface area contributed by atoms with Crippen molar-refractivity contribution in [3.63, 3.8) is 0 Å². The molecule has 0 unspecified atom stereocenters. The Morgan fingerprint density at radius 2 is 2.00 bits per heavy atom. The molecule has 0 aliphatic carbocycles. The predicted octanol–water partition coefficient (Wildman–Crippen LogP) is 5.02. The number of nitrogens with one attached hydrogen (secondary N) is 1. The van der Waals surface area contributed by atoms with E-state index in [-0.39, 0.29) is 11.6 Å². The third-order valence-corrected chi connectivity index (χ3v) is 3.52. The van der Waals surface area contributed by atoms with Gasteiger partial charge in [-0.3, -0.25) is 0 Å². The summed E-state index contributed by atoms with van der Waals surface area (Å²) in [4.78, 5) is 0. The first kappa shape index (κ1) is 15.9. The largest absolute Gasteiger partial charge is 0.453 e. The number of para-hydroxylation sites is 1. The van der Waals surface area contributed by atoms with Crippen molar-refractivity contribution < 1.29 is 13.5 Å². The molecular weight excluding hydrogens is 340 g/mol. The van der Waals surface area contributed by atoms with Crippen LogP contribution in [0.1, 0.15) is 18.9 Å². The van der Waals surface area contributed by atoms with Crippen LogP contribution in [0.4, 0.5) is 8.78 Å². The van der Waals surface area contributed by atoms with Crippen LogP contribution in [0.2, 0.25) is 0 Å². The maximum Gasteiger partial charge on any atom is 0.167 e. The normalized spacial score (nSPS) is 10.7. The number of benzene rings is 2. The van der Waals surface area contributed by atoms with E-state index in [2.05, 4.69) is 28.2 Å². The topological polar surface area (TPSA) is 21.3 Å². The molecule has 0 fully saturated rings. The van der Waals surface area contributed by atoms with Crippen LogP contribution in [0.3, 0.4) is 0 Å². The molecule has 0 aromatic heterocycles. The molecule has 0 saturated carbocycles. The van der Waals surface area contributed by atoms with E-state index in [4.69, 9.17) is 4.74 Å². The highest BCUT2D eigenvalue weighted by atomic mass is 79.9. The van der Waals surface area contributed by atoms with Crippen molar-refractivity contribution in [1.82, 2.24) is 5.32 Å². The Hall–Kier alpha value is -1.46. The molecular formula is C16H16BrF2NO. The minimum atomic E-state index is -0.443. The Morgan fingerprint density at radius 3 is 2.71 bits per heavy atom. The van der Waals surface area contributed by atoms with Gasteiger partial charge in [0.1, 0.15) is 11.6 Å². The zero-order valence-electron chi connectivity index (χ0n) is 11.6. The van der Waals surface area contributed by atoms with Crippen LogP contribution in [-0.2, 0) is 6.54 Å². The molecule has 0 radical (unpaired) electrons. The Balaban J connectivity index is 2.25. The Labute approximate surface area is 131 Å². The van der Waals surface area contributed by atoms with Gasteiger partial charge in [0.15, 0.2) is 11.6 Å². The van der Waals surface area contributed by atoms with Gasteiger partial charge in [-0.15, -0.1) is 0 Å². The summed E-state index contributed by atoms with van der Waals surface area (Å²) in [6.45, 7) is 3.42. The van der Waals surface area contributed by atoms with E-state index < -0.39 is 5.82 Å². The fraction of sp³-hybridized carbons (Fsp3) is 0.250. The second kappa shape index (κ2) is 7.52. The van der Waals surface area contributed by atoms with Crippen LogP contribution in [0.25, 0.3) is 0 Å². The van der Waals surface area contributed by atoms with E-state index >= 15 is 0 Å². The molecule has 0 aliphatic rings. The summed E-state index contributed by atoms with van der Waals surface area (Å²) >= 11 is 3.21. The molecule has 0 atom stereocenters. The smallest absolute Gasteiger partial charge is 0.167 e. The number of hydrogen-bond donors (Lipinski definition) is 1. The summed E-state index contributed by atoms with van der Waals surface area (Å²) in [5.74, 6) is -0.290. The quantitative estimate of drug-likeness (QED) is 0.734. The zero-order chi connectivity index (χ0) is 15.2. The molecule has 21 heavy (non-hydrogen) atoms. The molecule has 0 aliphatic heterocycles. The van der Waals surface area contributed by atoms with Crippen LogP contribution in [0, 0.1) is 11.6 Å². The van der Waals surface area contributed by atoms with E-state index in [1.165, 1.54) is 24.3 Å². The average Bonchev–Trinajstić information content (AvgIpc) is 2.45. The number of rotatable bonds is 6. The standard InChI is InChI=1S/C16H16BrF2NO/c1-2-8-20-10-11-4-3-5-14(19)16(11)21-15-7-6-12(18)9-13(15)17/h3-7,9,20H,2,8,10H2,1H3. The Bertz CT molecular complexity index is 619. The summed E-state index contributed by atoms with van der Waals surface area (Å²) in [6, 6.07) is 8.82. The van der Waals surface area contributed by atoms with Crippen molar-refractivity contribution in [2.75, 3.05) is 6.54 Å². The Kier molecular flexibility index (Phi) is 5.70. The maximum atomic E-state index is 14.0. The second-order valence-electron chi connectivity index (χ2n) is 4.58. The molecule has 0 saturated heterocycles. The van der Waals surface area contributed by atoms with Crippen LogP contribution in [-0.4, -0.2) is 6.54 Å². The maximum absolute atomic E-state index is 14.0. The van der Waals surface area contributed by atoms with Crippen molar-refractivity contribution in [3.05, 3.63) is 58.1 Å². The van der Waals surface area contributed by atoms with Crippen molar-refractivity contribution in [2.24, 2.45) is 0 Å². The lowest BCUT2D eigenvalue weighted by Gasteiger charge is -2.13. The van der Waals surface area contributed by atoms with Gasteiger partial charge < -0.3 is 10.1 Å². The number of hydrogen-bond acceptors (Lipinski definition) is 2. The highest BCUT2D eigenvalue weighted by Gasteiger charge is 2.12. The number of ether oxygens (including phenoxy) is 1. The van der Waals surface area contributed by atoms with Crippen molar-refractivity contribution in [1.29, 1.82) is 0 Å². The summed E-state index contributed by atoms with van der Waals surface area (Å²) < 4.78 is 33.2. The first-order valence-corrected chi connectivity index (χ1v) is 7.52. The van der Waals surface area contributed by atoms with Gasteiger partial charge in [-0.05, 0) is 53.2 Å². The molecule has 112 valence electrons. The van der Waals surface area contributed by atoms with Crippen molar-refractivity contribution in [3.8, 4) is 11.5 Å². The van der Waals surface area contributed by atoms with Crippen molar-refractivity contribution >= 4 is 15.9 Å². The van der Waals surface area contributed by atoms with Crippen molar-refractivity contribution in [2.45, 2.75) is 19.9 Å². The monoisotopic (exact) mass is 355 g/mol. The molecule has 0 bridgehead atoms. The fourth-order valence-electron chi connectivity index (χ4n) is 1.87. The lowest BCUT2D eigenvalue weighted by Crippen LogP contribution is -2.14. The molecule has 2 nitrogen and oxygen atoms in total. The fourth-order valence-corrected chi connectivity index (χ4v) is 2.31. The molecule has 5 heteroatoms. The summed E-state index contributed by atoms with van der Waals surface area (Å²) in [5.41, 5.74) is 0.722. The second-order valence-corrected chi connectivity index (χ2v) is 5.44. The highest BCUT2D eigenvalue weighted by molar-refractivity contribution is 9.10. The molecule has 2 aromatic carbocycles. The minimum absolute atomic E-state index is 0.161. The average molecular weight is 356 g/mol. The lowest BCUT2D eigenvalue weighted by molar-refractivity contribution is 0.430. The summed E-state index contributed by atoms with van der Waals surface area (Å²) in [5, 5.41) is 3.21. The van der Waals surface area contributed by atoms with Gasteiger partial charge in [-0.1, -0.05) is 19.1 Å². The molecule has 0 spiro atoms. The van der Waals surface area contributed by atoms with Crippen LogP contribution < -0.4 is 10.1 Å². The third kappa shape index (κ3) is 4.25. The highest BCUT2D eigenvalue weighted by Crippen LogP contribution is 2.33. The minimum Gasteiger partial charge on any atom is -0.453 e. The van der Waals surface area contributed by atoms with Gasteiger partial charge in [0.05, 0.1) is 4.47 Å². The van der Waals surface area contributed by atoms with Crippen LogP contribution in [0.5, 0.6) is 11.5 Å². The predicted molar refractivity (Wildman–Crippen MR) is 82.6 cm³/mol. The van der Waals surface area contributed by atoms with Crippen LogP contribution >= 0.6 is 15.9 Å². The number of halogens is 3. The van der Waals surface area contributed by atoms with E-state index in [0.29, 0.717) is 16.8 Å². The van der Waals surface area contributed by atoms with Gasteiger partial charge in [0, 0.05) is 12.1 Å². The Morgan fingerprint density at radius 1 is 1.19 bits per heavy atom. The SMILES string of the molecule is CCCNCc1cccc(F)c1Oc1ccc(F)cc1Br. The van der Waals surface area contributed by atoms with Gasteiger partial charge in [-0.2, -0.15) is 0 Å². The summed E-state index contributed by atoms with van der Waals surface area (Å²) in [6.07, 6.45) is 0.995. The molecule has 0 amide bonds. The van der Waals surface area contributed by atoms with E-state index in [0.717, 1.165) is 18.5 Å². The molecule has 2 aromatic rings.